The molecule has 1 aliphatic rings. The van der Waals surface area contributed by atoms with Gasteiger partial charge in [0.25, 0.3) is 5.56 Å². The fourth-order valence-electron chi connectivity index (χ4n) is 4.74. The minimum absolute atomic E-state index is 0.0326. The van der Waals surface area contributed by atoms with Gasteiger partial charge in [0.05, 0.1) is 42.3 Å². The lowest BCUT2D eigenvalue weighted by Gasteiger charge is -2.24. The Kier molecular flexibility index (Phi) is 6.74. The summed E-state index contributed by atoms with van der Waals surface area (Å²) < 4.78 is 14.2. The lowest BCUT2D eigenvalue weighted by molar-refractivity contribution is 0.0685. The van der Waals surface area contributed by atoms with E-state index < -0.39 is 0 Å². The molecule has 5 rings (SSSR count). The van der Waals surface area contributed by atoms with Gasteiger partial charge in [-0.3, -0.25) is 19.0 Å². The largest absolute Gasteiger partial charge is 0.383 e. The highest BCUT2D eigenvalue weighted by Gasteiger charge is 2.19. The van der Waals surface area contributed by atoms with E-state index in [1.807, 2.05) is 35.4 Å². The van der Waals surface area contributed by atoms with Crippen LogP contribution in [0.15, 0.2) is 47.9 Å². The fourth-order valence-corrected chi connectivity index (χ4v) is 4.74. The number of pyridine rings is 1. The van der Waals surface area contributed by atoms with Crippen LogP contribution in [0.25, 0.3) is 22.2 Å². The molecule has 1 fully saturated rings. The smallest absolute Gasteiger partial charge is 0.261 e. The van der Waals surface area contributed by atoms with Gasteiger partial charge in [-0.2, -0.15) is 5.10 Å². The quantitative estimate of drug-likeness (QED) is 0.405. The number of ether oxygens (including phenoxy) is 2. The molecule has 8 heteroatoms. The van der Waals surface area contributed by atoms with Gasteiger partial charge in [0.2, 0.25) is 0 Å². The minimum Gasteiger partial charge on any atom is -0.383 e. The first-order chi connectivity index (χ1) is 17.0. The zero-order valence-electron chi connectivity index (χ0n) is 20.5. The van der Waals surface area contributed by atoms with Crippen molar-refractivity contribution in [3.8, 4) is 11.3 Å². The van der Waals surface area contributed by atoms with Crippen molar-refractivity contribution in [2.45, 2.75) is 45.7 Å². The summed E-state index contributed by atoms with van der Waals surface area (Å²) in [5.41, 5.74) is 7.12. The Balaban J connectivity index is 1.42. The number of fused-ring (bicyclic) bond motifs is 1. The minimum atomic E-state index is 0.0326. The summed E-state index contributed by atoms with van der Waals surface area (Å²) >= 11 is 0. The van der Waals surface area contributed by atoms with Crippen LogP contribution in [0.2, 0.25) is 0 Å². The number of aromatic nitrogens is 5. The van der Waals surface area contributed by atoms with E-state index >= 15 is 0 Å². The van der Waals surface area contributed by atoms with Crippen LogP contribution in [0.1, 0.15) is 41.1 Å². The maximum atomic E-state index is 13.4. The van der Waals surface area contributed by atoms with Gasteiger partial charge in [-0.1, -0.05) is 6.07 Å². The molecule has 3 aromatic heterocycles. The van der Waals surface area contributed by atoms with Crippen molar-refractivity contribution in [1.82, 2.24) is 24.3 Å². The van der Waals surface area contributed by atoms with Crippen LogP contribution in [0.5, 0.6) is 0 Å². The van der Waals surface area contributed by atoms with Crippen molar-refractivity contribution in [1.29, 1.82) is 0 Å². The third kappa shape index (κ3) is 4.76. The van der Waals surface area contributed by atoms with Crippen LogP contribution in [-0.2, 0) is 22.4 Å². The molecular formula is C27H31N5O3. The van der Waals surface area contributed by atoms with E-state index in [0.717, 1.165) is 51.9 Å². The van der Waals surface area contributed by atoms with Crippen molar-refractivity contribution in [2.24, 2.45) is 0 Å². The molecule has 0 radical (unpaired) electrons. The molecule has 1 aromatic carbocycles. The lowest BCUT2D eigenvalue weighted by Crippen LogP contribution is -2.29. The summed E-state index contributed by atoms with van der Waals surface area (Å²) in [4.78, 5) is 22.8. The zero-order valence-corrected chi connectivity index (χ0v) is 20.5. The van der Waals surface area contributed by atoms with Gasteiger partial charge in [-0.25, -0.2) is 4.98 Å². The maximum Gasteiger partial charge on any atom is 0.261 e. The van der Waals surface area contributed by atoms with E-state index in [1.54, 1.807) is 18.0 Å². The predicted octanol–water partition coefficient (Wildman–Crippen LogP) is 3.86. The summed E-state index contributed by atoms with van der Waals surface area (Å²) in [6, 6.07) is 6.29. The third-order valence-corrected chi connectivity index (χ3v) is 7.01. The third-order valence-electron chi connectivity index (χ3n) is 7.01. The van der Waals surface area contributed by atoms with E-state index in [2.05, 4.69) is 35.0 Å². The SMILES string of the molecule is COCCn1cc(-c2ccc(Cc3cc4c(=O)n(C5CCOCC5)cnc4c(C)c3C)cn2)cn1. The Morgan fingerprint density at radius 3 is 2.69 bits per heavy atom. The molecule has 1 aliphatic heterocycles. The molecule has 182 valence electrons. The monoisotopic (exact) mass is 473 g/mol. The van der Waals surface area contributed by atoms with Crippen molar-refractivity contribution in [3.05, 3.63) is 75.7 Å². The van der Waals surface area contributed by atoms with Crippen LogP contribution in [0.4, 0.5) is 0 Å². The number of hydrogen-bond acceptors (Lipinski definition) is 6. The highest BCUT2D eigenvalue weighted by atomic mass is 16.5. The number of rotatable bonds is 7. The molecule has 8 nitrogen and oxygen atoms in total. The summed E-state index contributed by atoms with van der Waals surface area (Å²) in [5.74, 6) is 0. The fraction of sp³-hybridized carbons (Fsp3) is 0.407. The van der Waals surface area contributed by atoms with E-state index in [4.69, 9.17) is 9.47 Å². The second kappa shape index (κ2) is 10.1. The van der Waals surface area contributed by atoms with Gasteiger partial charge in [0, 0.05) is 44.3 Å². The molecule has 0 amide bonds. The second-order valence-corrected chi connectivity index (χ2v) is 9.20. The average molecular weight is 474 g/mol. The molecule has 0 spiro atoms. The van der Waals surface area contributed by atoms with Crippen molar-refractivity contribution >= 4 is 10.9 Å². The number of aryl methyl sites for hydroxylation is 1. The van der Waals surface area contributed by atoms with Crippen LogP contribution in [0.3, 0.4) is 0 Å². The molecule has 0 bridgehead atoms. The standard InChI is InChI=1S/C27H31N5O3/c1-18-19(2)26-24(27(33)32(17-29-26)23-6-9-35-10-7-23)13-21(18)12-20-4-5-25(28-14-20)22-15-30-31(16-22)8-11-34-3/h4-5,13-17,23H,6-12H2,1-3H3. The number of hydrogen-bond donors (Lipinski definition) is 0. The molecule has 1 saturated heterocycles. The maximum absolute atomic E-state index is 13.4. The van der Waals surface area contributed by atoms with E-state index in [9.17, 15) is 4.79 Å². The second-order valence-electron chi connectivity index (χ2n) is 9.20. The molecule has 0 saturated carbocycles. The first-order valence-electron chi connectivity index (χ1n) is 12.1. The van der Waals surface area contributed by atoms with Crippen molar-refractivity contribution in [3.63, 3.8) is 0 Å². The van der Waals surface area contributed by atoms with Crippen LogP contribution in [-0.4, -0.2) is 51.2 Å². The number of benzene rings is 1. The van der Waals surface area contributed by atoms with Gasteiger partial charge >= 0.3 is 0 Å². The van der Waals surface area contributed by atoms with Gasteiger partial charge in [-0.05, 0) is 67.5 Å². The lowest BCUT2D eigenvalue weighted by atomic mass is 9.95. The van der Waals surface area contributed by atoms with Crippen LogP contribution >= 0.6 is 0 Å². The highest BCUT2D eigenvalue weighted by Crippen LogP contribution is 2.26. The molecular weight excluding hydrogens is 442 g/mol. The topological polar surface area (TPSA) is 84.1 Å². The summed E-state index contributed by atoms with van der Waals surface area (Å²) in [6.45, 7) is 6.85. The number of methoxy groups -OCH3 is 1. The van der Waals surface area contributed by atoms with Gasteiger partial charge < -0.3 is 9.47 Å². The van der Waals surface area contributed by atoms with E-state index in [-0.39, 0.29) is 11.6 Å². The molecule has 4 heterocycles. The normalized spacial score (nSPS) is 14.6. The molecule has 0 atom stereocenters. The van der Waals surface area contributed by atoms with Gasteiger partial charge in [0.15, 0.2) is 0 Å². The molecule has 4 aromatic rings. The van der Waals surface area contributed by atoms with E-state index in [0.29, 0.717) is 38.2 Å². The van der Waals surface area contributed by atoms with Crippen molar-refractivity contribution < 1.29 is 9.47 Å². The Hall–Kier alpha value is -3.36. The van der Waals surface area contributed by atoms with Crippen LogP contribution in [0, 0.1) is 13.8 Å². The Morgan fingerprint density at radius 2 is 1.94 bits per heavy atom. The van der Waals surface area contributed by atoms with Gasteiger partial charge in [-0.15, -0.1) is 0 Å². The molecule has 0 unspecified atom stereocenters. The average Bonchev–Trinajstić information content (AvgIpc) is 3.36. The summed E-state index contributed by atoms with van der Waals surface area (Å²) in [5, 5.41) is 5.06. The predicted molar refractivity (Wildman–Crippen MR) is 135 cm³/mol. The highest BCUT2D eigenvalue weighted by molar-refractivity contribution is 5.83. The first kappa shape index (κ1) is 23.4. The molecule has 0 aliphatic carbocycles. The summed E-state index contributed by atoms with van der Waals surface area (Å²) in [7, 11) is 1.68. The Morgan fingerprint density at radius 1 is 1.11 bits per heavy atom. The summed E-state index contributed by atoms with van der Waals surface area (Å²) in [6.07, 6.45) is 9.81. The number of nitrogens with zero attached hydrogens (tertiary/aromatic N) is 5. The van der Waals surface area contributed by atoms with Gasteiger partial charge in [0.1, 0.15) is 0 Å². The molecule has 0 N–H and O–H groups in total. The Bertz CT molecular complexity index is 1380. The Labute approximate surface area is 204 Å². The molecule has 35 heavy (non-hydrogen) atoms. The van der Waals surface area contributed by atoms with Crippen LogP contribution < -0.4 is 5.56 Å². The zero-order chi connectivity index (χ0) is 24.4. The van der Waals surface area contributed by atoms with Crippen molar-refractivity contribution in [2.75, 3.05) is 26.9 Å². The van der Waals surface area contributed by atoms with E-state index in [1.165, 1.54) is 0 Å². The first-order valence-corrected chi connectivity index (χ1v) is 12.1.